The first kappa shape index (κ1) is 15.2. The van der Waals surface area contributed by atoms with Crippen LogP contribution in [-0.4, -0.2) is 0 Å². The maximum atomic E-state index is 2.34. The van der Waals surface area contributed by atoms with Crippen molar-refractivity contribution in [2.75, 3.05) is 4.90 Å². The fourth-order valence-electron chi connectivity index (χ4n) is 3.50. The van der Waals surface area contributed by atoms with Crippen LogP contribution in [0.15, 0.2) is 102 Å². The van der Waals surface area contributed by atoms with E-state index in [9.17, 15) is 0 Å². The molecule has 0 saturated carbocycles. The van der Waals surface area contributed by atoms with Gasteiger partial charge >= 0.3 is 0 Å². The first-order chi connectivity index (χ1) is 12.9. The lowest BCUT2D eigenvalue weighted by Gasteiger charge is -2.24. The quantitative estimate of drug-likeness (QED) is 0.325. The molecule has 2 heteroatoms. The zero-order valence-corrected chi connectivity index (χ0v) is 15.0. The van der Waals surface area contributed by atoms with Crippen LogP contribution < -0.4 is 4.90 Å². The largest absolute Gasteiger partial charge is 0.309 e. The summed E-state index contributed by atoms with van der Waals surface area (Å²) in [5.41, 5.74) is 3.58. The monoisotopic (exact) mass is 351 g/mol. The van der Waals surface area contributed by atoms with Crippen LogP contribution >= 0.6 is 11.3 Å². The fraction of sp³-hybridized carbons (Fsp3) is 0. The molecule has 0 atom stereocenters. The van der Waals surface area contributed by atoms with E-state index in [2.05, 4.69) is 107 Å². The molecule has 1 aromatic heterocycles. The van der Waals surface area contributed by atoms with Gasteiger partial charge in [-0.05, 0) is 35.0 Å². The van der Waals surface area contributed by atoms with Crippen molar-refractivity contribution in [1.82, 2.24) is 0 Å². The SMILES string of the molecule is c1ccc(N(c2ccccc2)c2csc3c2ccc2ccccc23)cc1. The van der Waals surface area contributed by atoms with Gasteiger partial charge in [0, 0.05) is 26.8 Å². The number of rotatable bonds is 3. The van der Waals surface area contributed by atoms with Crippen LogP contribution in [0.2, 0.25) is 0 Å². The van der Waals surface area contributed by atoms with Gasteiger partial charge in [0.2, 0.25) is 0 Å². The molecule has 0 aliphatic carbocycles. The van der Waals surface area contributed by atoms with Gasteiger partial charge in [-0.25, -0.2) is 0 Å². The van der Waals surface area contributed by atoms with E-state index in [1.807, 2.05) is 11.3 Å². The zero-order chi connectivity index (χ0) is 17.3. The van der Waals surface area contributed by atoms with Gasteiger partial charge in [0.1, 0.15) is 0 Å². The molecule has 1 heterocycles. The predicted molar refractivity (Wildman–Crippen MR) is 114 cm³/mol. The van der Waals surface area contributed by atoms with Crippen LogP contribution in [0.1, 0.15) is 0 Å². The lowest BCUT2D eigenvalue weighted by Crippen LogP contribution is -2.08. The summed E-state index contributed by atoms with van der Waals surface area (Å²) in [4.78, 5) is 2.34. The summed E-state index contributed by atoms with van der Waals surface area (Å²) in [5, 5.41) is 6.18. The van der Waals surface area contributed by atoms with Gasteiger partial charge in [-0.1, -0.05) is 72.8 Å². The van der Waals surface area contributed by atoms with E-state index in [1.165, 1.54) is 37.9 Å². The summed E-state index contributed by atoms with van der Waals surface area (Å²) < 4.78 is 1.34. The van der Waals surface area contributed by atoms with Gasteiger partial charge < -0.3 is 4.90 Å². The van der Waals surface area contributed by atoms with Gasteiger partial charge in [0.25, 0.3) is 0 Å². The number of benzene rings is 4. The highest BCUT2D eigenvalue weighted by atomic mass is 32.1. The average molecular weight is 351 g/mol. The Hall–Kier alpha value is -3.10. The molecule has 124 valence electrons. The number of thiophene rings is 1. The van der Waals surface area contributed by atoms with Gasteiger partial charge in [-0.2, -0.15) is 0 Å². The third kappa shape index (κ3) is 2.47. The predicted octanol–water partition coefficient (Wildman–Crippen LogP) is 7.52. The standard InChI is InChI=1S/C24H17NS/c1-3-10-19(11-4-1)25(20-12-5-2-6-13-20)23-17-26-24-21-14-8-7-9-18(21)15-16-22(23)24/h1-17H. The molecule has 0 saturated heterocycles. The van der Waals surface area contributed by atoms with Gasteiger partial charge in [0.15, 0.2) is 0 Å². The van der Waals surface area contributed by atoms with E-state index in [0.717, 1.165) is 0 Å². The van der Waals surface area contributed by atoms with Gasteiger partial charge in [0.05, 0.1) is 5.69 Å². The first-order valence-corrected chi connectivity index (χ1v) is 9.59. The molecular weight excluding hydrogens is 334 g/mol. The van der Waals surface area contributed by atoms with Crippen LogP contribution in [0, 0.1) is 0 Å². The Kier molecular flexibility index (Phi) is 3.69. The summed E-state index contributed by atoms with van der Waals surface area (Å²) >= 11 is 1.82. The topological polar surface area (TPSA) is 3.24 Å². The highest BCUT2D eigenvalue weighted by molar-refractivity contribution is 7.19. The lowest BCUT2D eigenvalue weighted by atomic mass is 10.1. The molecule has 1 nitrogen and oxygen atoms in total. The normalized spacial score (nSPS) is 11.1. The Bertz CT molecular complexity index is 1140. The lowest BCUT2D eigenvalue weighted by molar-refractivity contribution is 1.31. The molecule has 0 aliphatic heterocycles. The number of fused-ring (bicyclic) bond motifs is 3. The first-order valence-electron chi connectivity index (χ1n) is 8.71. The van der Waals surface area contributed by atoms with Gasteiger partial charge in [-0.15, -0.1) is 11.3 Å². The van der Waals surface area contributed by atoms with E-state index in [0.29, 0.717) is 0 Å². The molecule has 0 fully saturated rings. The molecule has 4 aromatic carbocycles. The third-order valence-electron chi connectivity index (χ3n) is 4.71. The molecule has 0 radical (unpaired) electrons. The van der Waals surface area contributed by atoms with Crippen molar-refractivity contribution in [3.05, 3.63) is 102 Å². The number of hydrogen-bond acceptors (Lipinski definition) is 2. The molecule has 26 heavy (non-hydrogen) atoms. The highest BCUT2D eigenvalue weighted by Crippen LogP contribution is 2.43. The molecule has 0 aliphatic rings. The maximum Gasteiger partial charge on any atom is 0.0647 e. The number of anilines is 3. The minimum absolute atomic E-state index is 1.17. The Morgan fingerprint density at radius 2 is 1.15 bits per heavy atom. The second-order valence-electron chi connectivity index (χ2n) is 6.29. The average Bonchev–Trinajstić information content (AvgIpc) is 3.14. The van der Waals surface area contributed by atoms with Crippen molar-refractivity contribution in [1.29, 1.82) is 0 Å². The third-order valence-corrected chi connectivity index (χ3v) is 5.73. The number of nitrogens with zero attached hydrogens (tertiary/aromatic N) is 1. The summed E-state index contributed by atoms with van der Waals surface area (Å²) in [6.07, 6.45) is 0. The van der Waals surface area contributed by atoms with E-state index in [4.69, 9.17) is 0 Å². The van der Waals surface area contributed by atoms with Crippen molar-refractivity contribution in [3.8, 4) is 0 Å². The molecular formula is C24H17NS. The Morgan fingerprint density at radius 1 is 0.538 bits per heavy atom. The number of para-hydroxylation sites is 2. The van der Waals surface area contributed by atoms with Crippen molar-refractivity contribution in [3.63, 3.8) is 0 Å². The maximum absolute atomic E-state index is 2.34. The van der Waals surface area contributed by atoms with Crippen LogP contribution in [0.25, 0.3) is 20.9 Å². The van der Waals surface area contributed by atoms with Crippen LogP contribution in [0.3, 0.4) is 0 Å². The molecule has 0 spiro atoms. The Balaban J connectivity index is 1.78. The van der Waals surface area contributed by atoms with Crippen molar-refractivity contribution < 1.29 is 0 Å². The van der Waals surface area contributed by atoms with E-state index in [1.54, 1.807) is 0 Å². The molecule has 5 aromatic rings. The fourth-order valence-corrected chi connectivity index (χ4v) is 4.58. The molecule has 0 bridgehead atoms. The second kappa shape index (κ2) is 6.32. The summed E-state index contributed by atoms with van der Waals surface area (Å²) in [5.74, 6) is 0. The van der Waals surface area contributed by atoms with Crippen molar-refractivity contribution in [2.24, 2.45) is 0 Å². The van der Waals surface area contributed by atoms with Crippen LogP contribution in [-0.2, 0) is 0 Å². The van der Waals surface area contributed by atoms with Crippen molar-refractivity contribution in [2.45, 2.75) is 0 Å². The molecule has 0 unspecified atom stereocenters. The van der Waals surface area contributed by atoms with Crippen LogP contribution in [0.5, 0.6) is 0 Å². The molecule has 0 amide bonds. The smallest absolute Gasteiger partial charge is 0.0647 e. The number of hydrogen-bond donors (Lipinski definition) is 0. The Labute approximate surface area is 156 Å². The van der Waals surface area contributed by atoms with E-state index < -0.39 is 0 Å². The highest BCUT2D eigenvalue weighted by Gasteiger charge is 2.17. The minimum atomic E-state index is 1.17. The molecule has 0 N–H and O–H groups in total. The molecule has 5 rings (SSSR count). The summed E-state index contributed by atoms with van der Waals surface area (Å²) in [6, 6.07) is 34.2. The summed E-state index contributed by atoms with van der Waals surface area (Å²) in [7, 11) is 0. The van der Waals surface area contributed by atoms with E-state index in [-0.39, 0.29) is 0 Å². The second-order valence-corrected chi connectivity index (χ2v) is 7.17. The zero-order valence-electron chi connectivity index (χ0n) is 14.2. The summed E-state index contributed by atoms with van der Waals surface area (Å²) in [6.45, 7) is 0. The minimum Gasteiger partial charge on any atom is -0.309 e. The van der Waals surface area contributed by atoms with E-state index >= 15 is 0 Å². The van der Waals surface area contributed by atoms with Crippen molar-refractivity contribution >= 4 is 49.3 Å². The van der Waals surface area contributed by atoms with Crippen LogP contribution in [0.4, 0.5) is 17.1 Å². The van der Waals surface area contributed by atoms with Gasteiger partial charge in [-0.3, -0.25) is 0 Å². The Morgan fingerprint density at radius 3 is 1.85 bits per heavy atom.